The Morgan fingerprint density at radius 3 is 2.39 bits per heavy atom. The molecule has 0 aliphatic carbocycles. The zero-order valence-electron chi connectivity index (χ0n) is 20.7. The van der Waals surface area contributed by atoms with Crippen LogP contribution in [0.2, 0.25) is 0 Å². The maximum absolute atomic E-state index is 12.9. The second-order valence-corrected chi connectivity index (χ2v) is 8.90. The molecule has 2 aromatic heterocycles. The number of rotatable bonds is 6. The highest BCUT2D eigenvalue weighted by Gasteiger charge is 2.12. The lowest BCUT2D eigenvalue weighted by Crippen LogP contribution is -2.13. The van der Waals surface area contributed by atoms with E-state index in [0.29, 0.717) is 11.5 Å². The van der Waals surface area contributed by atoms with Crippen LogP contribution in [0.15, 0.2) is 116 Å². The Labute approximate surface area is 219 Å². The van der Waals surface area contributed by atoms with Gasteiger partial charge in [-0.25, -0.2) is 15.0 Å². The third kappa shape index (κ3) is 4.73. The highest BCUT2D eigenvalue weighted by Crippen LogP contribution is 2.28. The van der Waals surface area contributed by atoms with E-state index in [-0.39, 0.29) is 5.91 Å². The fourth-order valence-electron chi connectivity index (χ4n) is 4.34. The smallest absolute Gasteiger partial charge is 0.255 e. The van der Waals surface area contributed by atoms with E-state index in [1.54, 1.807) is 24.7 Å². The van der Waals surface area contributed by atoms with Crippen molar-refractivity contribution in [2.45, 2.75) is 6.92 Å². The molecule has 0 aliphatic heterocycles. The highest BCUT2D eigenvalue weighted by molar-refractivity contribution is 6.05. The van der Waals surface area contributed by atoms with Gasteiger partial charge in [0.15, 0.2) is 0 Å². The van der Waals surface area contributed by atoms with Crippen LogP contribution in [0.3, 0.4) is 0 Å². The minimum Gasteiger partial charge on any atom is -0.324 e. The molecule has 0 bridgehead atoms. The van der Waals surface area contributed by atoms with Crippen molar-refractivity contribution in [3.63, 3.8) is 0 Å². The van der Waals surface area contributed by atoms with Crippen LogP contribution < -0.4 is 10.6 Å². The molecule has 0 atom stereocenters. The maximum Gasteiger partial charge on any atom is 0.255 e. The summed E-state index contributed by atoms with van der Waals surface area (Å²) in [5, 5.41) is 7.28. The van der Waals surface area contributed by atoms with E-state index >= 15 is 0 Å². The number of nitrogens with zero attached hydrogens (tertiary/aromatic N) is 4. The molecule has 2 heterocycles. The van der Waals surface area contributed by atoms with E-state index in [1.807, 2.05) is 103 Å². The number of hydrogen-bond acceptors (Lipinski definition) is 5. The SMILES string of the molecule is Cc1cc(-n2ccnc2)ccc1NC(=O)c1ccc(Nc2nc(-c3ccccc3)c3ccccc3n2)cc1. The molecule has 6 aromatic rings. The Hall–Kier alpha value is -5.30. The number of carbonyl (C=O) groups excluding carboxylic acids is 1. The van der Waals surface area contributed by atoms with Gasteiger partial charge in [-0.05, 0) is 61.0 Å². The van der Waals surface area contributed by atoms with Crippen LogP contribution in [-0.2, 0) is 0 Å². The summed E-state index contributed by atoms with van der Waals surface area (Å²) in [7, 11) is 0. The monoisotopic (exact) mass is 496 g/mol. The minimum atomic E-state index is -0.177. The normalized spacial score (nSPS) is 10.9. The number of amides is 1. The second kappa shape index (κ2) is 9.99. The largest absolute Gasteiger partial charge is 0.324 e. The molecule has 0 saturated heterocycles. The molecule has 2 N–H and O–H groups in total. The third-order valence-corrected chi connectivity index (χ3v) is 6.31. The molecule has 6 rings (SSSR count). The minimum absolute atomic E-state index is 0.177. The first-order valence-corrected chi connectivity index (χ1v) is 12.2. The zero-order valence-corrected chi connectivity index (χ0v) is 20.7. The Bertz CT molecular complexity index is 1730. The predicted molar refractivity (Wildman–Crippen MR) is 151 cm³/mol. The summed E-state index contributed by atoms with van der Waals surface area (Å²) < 4.78 is 1.92. The van der Waals surface area contributed by atoms with E-state index in [9.17, 15) is 4.79 Å². The van der Waals surface area contributed by atoms with Gasteiger partial charge in [0.25, 0.3) is 5.91 Å². The van der Waals surface area contributed by atoms with Crippen LogP contribution in [0.25, 0.3) is 27.8 Å². The maximum atomic E-state index is 12.9. The number of nitrogens with one attached hydrogen (secondary N) is 2. The summed E-state index contributed by atoms with van der Waals surface area (Å²) in [4.78, 5) is 26.5. The molecule has 1 amide bonds. The van der Waals surface area contributed by atoms with Gasteiger partial charge in [-0.1, -0.05) is 48.5 Å². The van der Waals surface area contributed by atoms with Gasteiger partial charge in [-0.2, -0.15) is 0 Å². The van der Waals surface area contributed by atoms with Gasteiger partial charge >= 0.3 is 0 Å². The average molecular weight is 497 g/mol. The lowest BCUT2D eigenvalue weighted by atomic mass is 10.1. The standard InChI is InChI=1S/C31H24N6O/c1-21-19-25(37-18-17-32-20-37)15-16-27(21)34-30(38)23-11-13-24(14-12-23)33-31-35-28-10-6-5-9-26(28)29(36-31)22-7-3-2-4-8-22/h2-20H,1H3,(H,34,38)(H,33,35,36). The van der Waals surface area contributed by atoms with E-state index in [2.05, 4.69) is 15.6 Å². The summed E-state index contributed by atoms with van der Waals surface area (Å²) in [6.07, 6.45) is 5.36. The fourth-order valence-corrected chi connectivity index (χ4v) is 4.34. The quantitative estimate of drug-likeness (QED) is 0.265. The molecule has 0 unspecified atom stereocenters. The van der Waals surface area contributed by atoms with Gasteiger partial charge in [0, 0.05) is 46.0 Å². The van der Waals surface area contributed by atoms with Gasteiger partial charge < -0.3 is 15.2 Å². The summed E-state index contributed by atoms with van der Waals surface area (Å²) in [6, 6.07) is 31.2. The molecule has 0 spiro atoms. The van der Waals surface area contributed by atoms with Gasteiger partial charge in [0.2, 0.25) is 5.95 Å². The molecule has 0 saturated carbocycles. The third-order valence-electron chi connectivity index (χ3n) is 6.31. The van der Waals surface area contributed by atoms with Crippen molar-refractivity contribution >= 4 is 34.1 Å². The summed E-state index contributed by atoms with van der Waals surface area (Å²) in [5.74, 6) is 0.316. The van der Waals surface area contributed by atoms with Crippen molar-refractivity contribution in [3.8, 4) is 16.9 Å². The van der Waals surface area contributed by atoms with Gasteiger partial charge in [-0.3, -0.25) is 4.79 Å². The molecule has 7 nitrogen and oxygen atoms in total. The lowest BCUT2D eigenvalue weighted by Gasteiger charge is -2.12. The zero-order chi connectivity index (χ0) is 25.9. The average Bonchev–Trinajstić information content (AvgIpc) is 3.50. The number of fused-ring (bicyclic) bond motifs is 1. The number of imidazole rings is 1. The molecule has 0 aliphatic rings. The van der Waals surface area contributed by atoms with E-state index in [0.717, 1.165) is 44.8 Å². The number of aromatic nitrogens is 4. The van der Waals surface area contributed by atoms with Crippen molar-refractivity contribution in [1.82, 2.24) is 19.5 Å². The molecule has 38 heavy (non-hydrogen) atoms. The van der Waals surface area contributed by atoms with Crippen LogP contribution in [0, 0.1) is 6.92 Å². The van der Waals surface area contributed by atoms with Crippen LogP contribution >= 0.6 is 0 Å². The van der Waals surface area contributed by atoms with E-state index in [1.165, 1.54) is 0 Å². The number of para-hydroxylation sites is 1. The Morgan fingerprint density at radius 2 is 1.63 bits per heavy atom. The van der Waals surface area contributed by atoms with Crippen LogP contribution in [0.5, 0.6) is 0 Å². The van der Waals surface area contributed by atoms with Crippen molar-refractivity contribution < 1.29 is 4.79 Å². The Morgan fingerprint density at radius 1 is 0.842 bits per heavy atom. The van der Waals surface area contributed by atoms with Crippen molar-refractivity contribution in [3.05, 3.63) is 127 Å². The summed E-state index contributed by atoms with van der Waals surface area (Å²) in [5.41, 5.74) is 6.80. The topological polar surface area (TPSA) is 84.7 Å². The predicted octanol–water partition coefficient (Wildman–Crippen LogP) is 6.79. The summed E-state index contributed by atoms with van der Waals surface area (Å²) >= 11 is 0. The number of hydrogen-bond donors (Lipinski definition) is 2. The first-order chi connectivity index (χ1) is 18.6. The molecule has 0 fully saturated rings. The number of carbonyl (C=O) groups is 1. The van der Waals surface area contributed by atoms with Crippen LogP contribution in [0.4, 0.5) is 17.3 Å². The Balaban J connectivity index is 1.20. The highest BCUT2D eigenvalue weighted by atomic mass is 16.1. The first kappa shape index (κ1) is 23.1. The van der Waals surface area contributed by atoms with Crippen LogP contribution in [0.1, 0.15) is 15.9 Å². The van der Waals surface area contributed by atoms with Crippen molar-refractivity contribution in [2.75, 3.05) is 10.6 Å². The van der Waals surface area contributed by atoms with Crippen LogP contribution in [-0.4, -0.2) is 25.4 Å². The van der Waals surface area contributed by atoms with Crippen molar-refractivity contribution in [2.24, 2.45) is 0 Å². The molecular formula is C31H24N6O. The summed E-state index contributed by atoms with van der Waals surface area (Å²) in [6.45, 7) is 1.97. The second-order valence-electron chi connectivity index (χ2n) is 8.90. The van der Waals surface area contributed by atoms with Gasteiger partial charge in [0.1, 0.15) is 0 Å². The number of aryl methyl sites for hydroxylation is 1. The van der Waals surface area contributed by atoms with Crippen molar-refractivity contribution in [1.29, 1.82) is 0 Å². The van der Waals surface area contributed by atoms with Gasteiger partial charge in [0.05, 0.1) is 17.5 Å². The first-order valence-electron chi connectivity index (χ1n) is 12.2. The van der Waals surface area contributed by atoms with E-state index in [4.69, 9.17) is 9.97 Å². The molecule has 0 radical (unpaired) electrons. The lowest BCUT2D eigenvalue weighted by molar-refractivity contribution is 0.102. The van der Waals surface area contributed by atoms with E-state index < -0.39 is 0 Å². The Kier molecular flexibility index (Phi) is 6.08. The number of benzene rings is 4. The van der Waals surface area contributed by atoms with Gasteiger partial charge in [-0.15, -0.1) is 0 Å². The molecule has 184 valence electrons. The molecule has 7 heteroatoms. The molecule has 4 aromatic carbocycles. The number of anilines is 3. The molecular weight excluding hydrogens is 472 g/mol. The fraction of sp³-hybridized carbons (Fsp3) is 0.0323.